The molecule has 0 aliphatic heterocycles. The van der Waals surface area contributed by atoms with E-state index in [0.717, 1.165) is 41.0 Å². The van der Waals surface area contributed by atoms with Crippen LogP contribution in [0.1, 0.15) is 53.1 Å². The number of aromatic nitrogens is 1. The molecule has 0 atom stereocenters. The highest BCUT2D eigenvalue weighted by Gasteiger charge is 2.33. The number of nitrogens with zero attached hydrogens (tertiary/aromatic N) is 2. The number of primary amides is 1. The number of rotatable bonds is 2. The lowest BCUT2D eigenvalue weighted by molar-refractivity contribution is 0.1000. The molecule has 1 amide bonds. The fraction of sp³-hybridized carbons (Fsp3) is 0.368. The van der Waals surface area contributed by atoms with E-state index in [1.165, 1.54) is 0 Å². The van der Waals surface area contributed by atoms with Crippen molar-refractivity contribution in [3.05, 3.63) is 52.3 Å². The molecule has 5 heteroatoms. The second-order valence-electron chi connectivity index (χ2n) is 7.41. The zero-order valence-corrected chi connectivity index (χ0v) is 14.6. The van der Waals surface area contributed by atoms with Crippen LogP contribution in [0.25, 0.3) is 5.69 Å². The van der Waals surface area contributed by atoms with E-state index in [4.69, 9.17) is 5.73 Å². The Kier molecular flexibility index (Phi) is 3.74. The smallest absolute Gasteiger partial charge is 0.248 e. The number of oxime groups is 1. The van der Waals surface area contributed by atoms with Gasteiger partial charge in [-0.05, 0) is 55.9 Å². The fourth-order valence-electron chi connectivity index (χ4n) is 3.61. The molecule has 0 unspecified atom stereocenters. The Morgan fingerprint density at radius 2 is 1.96 bits per heavy atom. The van der Waals surface area contributed by atoms with Crippen molar-refractivity contribution in [2.24, 2.45) is 16.3 Å². The van der Waals surface area contributed by atoms with E-state index >= 15 is 0 Å². The van der Waals surface area contributed by atoms with Gasteiger partial charge in [0, 0.05) is 28.2 Å². The van der Waals surface area contributed by atoms with E-state index < -0.39 is 5.91 Å². The third-order valence-corrected chi connectivity index (χ3v) is 4.74. The van der Waals surface area contributed by atoms with Crippen molar-refractivity contribution in [1.29, 1.82) is 0 Å². The molecule has 0 saturated heterocycles. The predicted molar refractivity (Wildman–Crippen MR) is 94.2 cm³/mol. The third-order valence-electron chi connectivity index (χ3n) is 4.74. The molecule has 24 heavy (non-hydrogen) atoms. The lowest BCUT2D eigenvalue weighted by atomic mass is 9.76. The summed E-state index contributed by atoms with van der Waals surface area (Å²) in [5.41, 5.74) is 11.8. The number of aryl methyl sites for hydroxylation is 2. The minimum absolute atomic E-state index is 0.00626. The molecule has 1 aromatic carbocycles. The van der Waals surface area contributed by atoms with Gasteiger partial charge in [0.25, 0.3) is 0 Å². The van der Waals surface area contributed by atoms with Gasteiger partial charge in [-0.1, -0.05) is 25.1 Å². The Morgan fingerprint density at radius 3 is 2.58 bits per heavy atom. The Bertz CT molecular complexity index is 860. The van der Waals surface area contributed by atoms with Gasteiger partial charge < -0.3 is 15.5 Å². The summed E-state index contributed by atoms with van der Waals surface area (Å²) in [5.74, 6) is -0.437. The third kappa shape index (κ3) is 2.60. The zero-order valence-electron chi connectivity index (χ0n) is 14.6. The van der Waals surface area contributed by atoms with Gasteiger partial charge >= 0.3 is 0 Å². The maximum Gasteiger partial charge on any atom is 0.248 e. The van der Waals surface area contributed by atoms with Gasteiger partial charge in [-0.25, -0.2) is 0 Å². The van der Waals surface area contributed by atoms with Crippen molar-refractivity contribution >= 4 is 11.6 Å². The fourth-order valence-corrected chi connectivity index (χ4v) is 3.61. The van der Waals surface area contributed by atoms with Crippen LogP contribution < -0.4 is 5.73 Å². The Balaban J connectivity index is 2.27. The average molecular weight is 325 g/mol. The van der Waals surface area contributed by atoms with Crippen LogP contribution in [-0.4, -0.2) is 21.4 Å². The molecule has 0 radical (unpaired) electrons. The number of nitrogens with two attached hydrogens (primary N) is 1. The predicted octanol–water partition coefficient (Wildman–Crippen LogP) is 3.34. The van der Waals surface area contributed by atoms with Crippen LogP contribution in [0, 0.1) is 19.3 Å². The molecular weight excluding hydrogens is 302 g/mol. The molecule has 0 fully saturated rings. The van der Waals surface area contributed by atoms with Crippen LogP contribution in [0.3, 0.4) is 0 Å². The average Bonchev–Trinajstić information content (AvgIpc) is 2.81. The minimum Gasteiger partial charge on any atom is -0.411 e. The highest BCUT2D eigenvalue weighted by molar-refractivity contribution is 6.03. The summed E-state index contributed by atoms with van der Waals surface area (Å²) in [7, 11) is 0. The number of fused-ring (bicyclic) bond motifs is 1. The first kappa shape index (κ1) is 16.3. The van der Waals surface area contributed by atoms with Crippen molar-refractivity contribution in [1.82, 2.24) is 4.57 Å². The van der Waals surface area contributed by atoms with E-state index in [1.54, 1.807) is 6.07 Å². The molecule has 1 aromatic heterocycles. The first-order chi connectivity index (χ1) is 11.2. The largest absolute Gasteiger partial charge is 0.411 e. The van der Waals surface area contributed by atoms with Crippen LogP contribution >= 0.6 is 0 Å². The number of carbonyl (C=O) groups is 1. The van der Waals surface area contributed by atoms with Crippen LogP contribution in [-0.2, 0) is 6.42 Å². The Morgan fingerprint density at radius 1 is 1.25 bits per heavy atom. The van der Waals surface area contributed by atoms with Crippen molar-refractivity contribution in [3.8, 4) is 5.69 Å². The van der Waals surface area contributed by atoms with Crippen LogP contribution in [0.5, 0.6) is 0 Å². The number of amides is 1. The zero-order chi connectivity index (χ0) is 17.6. The summed E-state index contributed by atoms with van der Waals surface area (Å²) in [6.07, 6.45) is 1.61. The Hall–Kier alpha value is -2.56. The van der Waals surface area contributed by atoms with E-state index in [0.29, 0.717) is 11.3 Å². The summed E-state index contributed by atoms with van der Waals surface area (Å²) in [5, 5.41) is 13.0. The maximum atomic E-state index is 11.6. The van der Waals surface area contributed by atoms with E-state index in [1.807, 2.05) is 26.0 Å². The maximum absolute atomic E-state index is 11.6. The van der Waals surface area contributed by atoms with Gasteiger partial charge in [0.15, 0.2) is 0 Å². The molecule has 1 aliphatic carbocycles. The van der Waals surface area contributed by atoms with Crippen molar-refractivity contribution in [2.75, 3.05) is 0 Å². The summed E-state index contributed by atoms with van der Waals surface area (Å²) in [4.78, 5) is 11.6. The molecule has 3 rings (SSSR count). The highest BCUT2D eigenvalue weighted by Crippen LogP contribution is 2.38. The molecule has 1 aliphatic rings. The van der Waals surface area contributed by atoms with Crippen molar-refractivity contribution < 1.29 is 10.0 Å². The molecule has 1 heterocycles. The number of hydrogen-bond donors (Lipinski definition) is 2. The molecular formula is C19H23N3O2. The number of hydrogen-bond acceptors (Lipinski definition) is 3. The molecule has 2 aromatic rings. The van der Waals surface area contributed by atoms with E-state index in [2.05, 4.69) is 29.6 Å². The van der Waals surface area contributed by atoms with Gasteiger partial charge in [-0.2, -0.15) is 0 Å². The van der Waals surface area contributed by atoms with E-state index in [-0.39, 0.29) is 5.41 Å². The Labute approximate surface area is 141 Å². The number of carbonyl (C=O) groups excluding carboxylic acids is 1. The monoisotopic (exact) mass is 325 g/mol. The van der Waals surface area contributed by atoms with Crippen molar-refractivity contribution in [2.45, 2.75) is 40.5 Å². The summed E-state index contributed by atoms with van der Waals surface area (Å²) in [6.45, 7) is 8.37. The molecule has 0 spiro atoms. The standard InChI is InChI=1S/C19H23N3O2/c1-11-5-6-13(18(20)23)8-16(11)22-12(2)7-14-15(21-24)9-19(3,4)10-17(14)22/h5-8,24H,9-10H2,1-4H3,(H2,20,23)/b21-15-. The molecule has 0 bridgehead atoms. The van der Waals surface area contributed by atoms with Gasteiger partial charge in [-0.15, -0.1) is 0 Å². The second kappa shape index (κ2) is 5.51. The van der Waals surface area contributed by atoms with Gasteiger partial charge in [0.1, 0.15) is 0 Å². The van der Waals surface area contributed by atoms with Gasteiger partial charge in [0.05, 0.1) is 5.71 Å². The van der Waals surface area contributed by atoms with Crippen LogP contribution in [0.15, 0.2) is 29.4 Å². The molecule has 5 nitrogen and oxygen atoms in total. The van der Waals surface area contributed by atoms with Crippen LogP contribution in [0.2, 0.25) is 0 Å². The number of benzene rings is 1. The lowest BCUT2D eigenvalue weighted by Crippen LogP contribution is -2.28. The summed E-state index contributed by atoms with van der Waals surface area (Å²) >= 11 is 0. The van der Waals surface area contributed by atoms with Crippen LogP contribution in [0.4, 0.5) is 0 Å². The summed E-state index contributed by atoms with van der Waals surface area (Å²) < 4.78 is 2.16. The topological polar surface area (TPSA) is 80.6 Å². The quantitative estimate of drug-likeness (QED) is 0.656. The van der Waals surface area contributed by atoms with Gasteiger partial charge in [0.2, 0.25) is 5.91 Å². The minimum atomic E-state index is -0.437. The van der Waals surface area contributed by atoms with Crippen molar-refractivity contribution in [3.63, 3.8) is 0 Å². The molecule has 126 valence electrons. The first-order valence-corrected chi connectivity index (χ1v) is 8.07. The van der Waals surface area contributed by atoms with E-state index in [9.17, 15) is 10.0 Å². The summed E-state index contributed by atoms with van der Waals surface area (Å²) in [6, 6.07) is 7.55. The highest BCUT2D eigenvalue weighted by atomic mass is 16.4. The molecule has 3 N–H and O–H groups in total. The normalized spacial score (nSPS) is 17.8. The SMILES string of the molecule is Cc1ccc(C(N)=O)cc1-n1c(C)cc2c1CC(C)(C)C/C2=N/O. The lowest BCUT2D eigenvalue weighted by Gasteiger charge is -2.31. The first-order valence-electron chi connectivity index (χ1n) is 8.07. The van der Waals surface area contributed by atoms with Gasteiger partial charge in [-0.3, -0.25) is 4.79 Å². The molecule has 0 saturated carbocycles. The second-order valence-corrected chi connectivity index (χ2v) is 7.41.